The van der Waals surface area contributed by atoms with Gasteiger partial charge in [-0.15, -0.1) is 0 Å². The maximum Gasteiger partial charge on any atom is 0.323 e. The first-order valence-corrected chi connectivity index (χ1v) is 8.97. The molecule has 0 spiro atoms. The van der Waals surface area contributed by atoms with Crippen molar-refractivity contribution in [2.75, 3.05) is 43.4 Å². The fourth-order valence-electron chi connectivity index (χ4n) is 3.53. The summed E-state index contributed by atoms with van der Waals surface area (Å²) in [5.41, 5.74) is 3.00. The number of nitro benzene ring substituents is 1. The quantitative estimate of drug-likeness (QED) is 0.401. The number of nitro groups is 1. The first-order valence-electron chi connectivity index (χ1n) is 8.97. The van der Waals surface area contributed by atoms with Crippen molar-refractivity contribution >= 4 is 44.8 Å². The number of nitrogens with one attached hydrogen (secondary N) is 1. The van der Waals surface area contributed by atoms with Crippen molar-refractivity contribution in [2.45, 2.75) is 0 Å². The Hall–Kier alpha value is -3.80. The SMILES string of the molecule is CN1CCN(c2cc(Nc3cccc4nonc34)c3nonc3c2[N+](=O)[O-])CC1. The van der Waals surface area contributed by atoms with Gasteiger partial charge < -0.3 is 15.1 Å². The number of hydrogen-bond acceptors (Lipinski definition) is 11. The van der Waals surface area contributed by atoms with Gasteiger partial charge in [0.2, 0.25) is 5.52 Å². The summed E-state index contributed by atoms with van der Waals surface area (Å²) >= 11 is 0. The molecule has 1 aliphatic rings. The third-order valence-electron chi connectivity index (χ3n) is 5.07. The Labute approximate surface area is 163 Å². The minimum atomic E-state index is -0.438. The molecule has 29 heavy (non-hydrogen) atoms. The summed E-state index contributed by atoms with van der Waals surface area (Å²) in [5, 5.41) is 30.5. The molecule has 5 rings (SSSR count). The van der Waals surface area contributed by atoms with E-state index in [-0.39, 0.29) is 16.7 Å². The largest absolute Gasteiger partial charge is 0.363 e. The van der Waals surface area contributed by atoms with Crippen molar-refractivity contribution in [3.63, 3.8) is 0 Å². The highest BCUT2D eigenvalue weighted by atomic mass is 16.6. The van der Waals surface area contributed by atoms with Crippen LogP contribution in [0.4, 0.5) is 22.7 Å². The lowest BCUT2D eigenvalue weighted by atomic mass is 10.1. The van der Waals surface area contributed by atoms with Crippen LogP contribution >= 0.6 is 0 Å². The molecule has 3 heterocycles. The Kier molecular flexibility index (Phi) is 3.98. The maximum absolute atomic E-state index is 11.9. The number of benzene rings is 2. The van der Waals surface area contributed by atoms with Gasteiger partial charge in [0.1, 0.15) is 11.2 Å². The smallest absolute Gasteiger partial charge is 0.323 e. The van der Waals surface area contributed by atoms with Crippen LogP contribution in [0, 0.1) is 10.1 Å². The summed E-state index contributed by atoms with van der Waals surface area (Å²) in [4.78, 5) is 15.6. The van der Waals surface area contributed by atoms with Gasteiger partial charge in [-0.25, -0.2) is 9.26 Å². The van der Waals surface area contributed by atoms with Gasteiger partial charge in [-0.2, -0.15) is 0 Å². The van der Waals surface area contributed by atoms with Crippen LogP contribution in [0.25, 0.3) is 22.1 Å². The standard InChI is InChI=1S/C17H16N8O4/c1-23-5-7-24(8-6-23)13-9-12(15-16(22-29-21-15)17(13)25(26)27)18-10-3-2-4-11-14(10)20-28-19-11/h2-4,9,18H,5-8H2,1H3. The summed E-state index contributed by atoms with van der Waals surface area (Å²) in [5.74, 6) is 0. The molecule has 0 aliphatic carbocycles. The molecule has 1 aliphatic heterocycles. The monoisotopic (exact) mass is 396 g/mol. The van der Waals surface area contributed by atoms with Gasteiger partial charge in [0.05, 0.1) is 16.3 Å². The molecule has 0 amide bonds. The summed E-state index contributed by atoms with van der Waals surface area (Å²) < 4.78 is 9.65. The highest BCUT2D eigenvalue weighted by Gasteiger charge is 2.30. The molecule has 148 valence electrons. The maximum atomic E-state index is 11.9. The average molecular weight is 396 g/mol. The van der Waals surface area contributed by atoms with E-state index in [0.29, 0.717) is 41.2 Å². The highest BCUT2D eigenvalue weighted by Crippen LogP contribution is 2.40. The molecular weight excluding hydrogens is 380 g/mol. The molecule has 2 aromatic heterocycles. The van der Waals surface area contributed by atoms with E-state index in [1.807, 2.05) is 18.0 Å². The van der Waals surface area contributed by atoms with E-state index in [0.717, 1.165) is 13.1 Å². The van der Waals surface area contributed by atoms with Crippen molar-refractivity contribution < 1.29 is 14.2 Å². The van der Waals surface area contributed by atoms with Crippen LogP contribution in [-0.4, -0.2) is 63.7 Å². The zero-order valence-electron chi connectivity index (χ0n) is 15.4. The van der Waals surface area contributed by atoms with Crippen LogP contribution in [0.15, 0.2) is 33.5 Å². The fourth-order valence-corrected chi connectivity index (χ4v) is 3.53. The molecule has 0 unspecified atom stereocenters. The third-order valence-corrected chi connectivity index (χ3v) is 5.07. The van der Waals surface area contributed by atoms with Crippen LogP contribution < -0.4 is 10.2 Å². The molecule has 0 bridgehead atoms. The number of anilines is 3. The lowest BCUT2D eigenvalue weighted by Crippen LogP contribution is -2.44. The van der Waals surface area contributed by atoms with Crippen molar-refractivity contribution in [3.8, 4) is 0 Å². The number of rotatable bonds is 4. The summed E-state index contributed by atoms with van der Waals surface area (Å²) in [6, 6.07) is 7.10. The molecule has 12 nitrogen and oxygen atoms in total. The van der Waals surface area contributed by atoms with Gasteiger partial charge in [0.15, 0.2) is 11.0 Å². The molecular formula is C17H16N8O4. The Bertz CT molecular complexity index is 1210. The minimum absolute atomic E-state index is 0.0966. The topological polar surface area (TPSA) is 139 Å². The second-order valence-corrected chi connectivity index (χ2v) is 6.86. The fraction of sp³-hybridized carbons (Fsp3) is 0.294. The molecule has 0 atom stereocenters. The van der Waals surface area contributed by atoms with Crippen molar-refractivity contribution in [1.82, 2.24) is 25.5 Å². The highest BCUT2D eigenvalue weighted by molar-refractivity contribution is 6.02. The van der Waals surface area contributed by atoms with E-state index in [9.17, 15) is 10.1 Å². The van der Waals surface area contributed by atoms with Crippen LogP contribution in [0.5, 0.6) is 0 Å². The van der Waals surface area contributed by atoms with Crippen molar-refractivity contribution in [1.29, 1.82) is 0 Å². The Morgan fingerprint density at radius 3 is 2.52 bits per heavy atom. The van der Waals surface area contributed by atoms with Crippen molar-refractivity contribution in [2.24, 2.45) is 0 Å². The zero-order valence-corrected chi connectivity index (χ0v) is 15.4. The van der Waals surface area contributed by atoms with Crippen LogP contribution in [0.3, 0.4) is 0 Å². The summed E-state index contributed by atoms with van der Waals surface area (Å²) in [6.45, 7) is 2.94. The number of hydrogen-bond donors (Lipinski definition) is 1. The molecule has 2 aromatic carbocycles. The Morgan fingerprint density at radius 2 is 1.72 bits per heavy atom. The summed E-state index contributed by atoms with van der Waals surface area (Å²) in [6.07, 6.45) is 0. The Balaban J connectivity index is 1.65. The lowest BCUT2D eigenvalue weighted by Gasteiger charge is -2.33. The van der Waals surface area contributed by atoms with Gasteiger partial charge in [-0.3, -0.25) is 10.1 Å². The van der Waals surface area contributed by atoms with E-state index < -0.39 is 4.92 Å². The molecule has 12 heteroatoms. The van der Waals surface area contributed by atoms with E-state index in [4.69, 9.17) is 9.26 Å². The number of piperazine rings is 1. The number of nitrogens with zero attached hydrogens (tertiary/aromatic N) is 7. The van der Waals surface area contributed by atoms with E-state index in [2.05, 4.69) is 30.8 Å². The number of likely N-dealkylation sites (N-methyl/N-ethyl adjacent to an activating group) is 1. The van der Waals surface area contributed by atoms with E-state index in [1.54, 1.807) is 18.2 Å². The molecule has 0 saturated carbocycles. The van der Waals surface area contributed by atoms with Gasteiger partial charge in [0.25, 0.3) is 0 Å². The van der Waals surface area contributed by atoms with Gasteiger partial charge in [-0.05, 0) is 45.9 Å². The number of fused-ring (bicyclic) bond motifs is 2. The average Bonchev–Trinajstić information content (AvgIpc) is 3.38. The third kappa shape index (κ3) is 2.89. The van der Waals surface area contributed by atoms with Gasteiger partial charge >= 0.3 is 5.69 Å². The normalized spacial score (nSPS) is 15.3. The number of aromatic nitrogens is 4. The van der Waals surface area contributed by atoms with Gasteiger partial charge in [0, 0.05) is 26.2 Å². The second kappa shape index (κ2) is 6.67. The van der Waals surface area contributed by atoms with Crippen LogP contribution in [0.2, 0.25) is 0 Å². The van der Waals surface area contributed by atoms with Gasteiger partial charge in [-0.1, -0.05) is 6.07 Å². The summed E-state index contributed by atoms with van der Waals surface area (Å²) in [7, 11) is 2.02. The predicted molar refractivity (Wildman–Crippen MR) is 103 cm³/mol. The second-order valence-electron chi connectivity index (χ2n) is 6.86. The van der Waals surface area contributed by atoms with E-state index in [1.165, 1.54) is 0 Å². The molecule has 1 N–H and O–H groups in total. The lowest BCUT2D eigenvalue weighted by molar-refractivity contribution is -0.382. The molecule has 1 saturated heterocycles. The molecule has 0 radical (unpaired) electrons. The first-order chi connectivity index (χ1) is 14.1. The Morgan fingerprint density at radius 1 is 1.00 bits per heavy atom. The van der Waals surface area contributed by atoms with Crippen molar-refractivity contribution in [3.05, 3.63) is 34.4 Å². The molecule has 1 fully saturated rings. The minimum Gasteiger partial charge on any atom is -0.363 e. The van der Waals surface area contributed by atoms with E-state index >= 15 is 0 Å². The first kappa shape index (κ1) is 17.3. The van der Waals surface area contributed by atoms with Crippen LogP contribution in [0.1, 0.15) is 0 Å². The van der Waals surface area contributed by atoms with Crippen LogP contribution in [-0.2, 0) is 0 Å². The molecule has 4 aromatic rings. The zero-order chi connectivity index (χ0) is 20.0. The predicted octanol–water partition coefficient (Wildman–Crippen LogP) is 2.16.